The molecule has 0 fully saturated rings. The van der Waals surface area contributed by atoms with Crippen molar-refractivity contribution in [2.75, 3.05) is 32.8 Å². The number of hydrogen-bond acceptors (Lipinski definition) is 3. The molecule has 0 amide bonds. The Balaban J connectivity index is 3.85. The van der Waals surface area contributed by atoms with Crippen LogP contribution in [0.15, 0.2) is 0 Å². The minimum absolute atomic E-state index is 0.699. The molecule has 0 aliphatic heterocycles. The van der Waals surface area contributed by atoms with Gasteiger partial charge >= 0.3 is 0 Å². The van der Waals surface area contributed by atoms with Crippen LogP contribution in [0.1, 0.15) is 66.2 Å². The molecule has 1 radical (unpaired) electrons. The van der Waals surface area contributed by atoms with Crippen LogP contribution in [0, 0.1) is 6.29 Å². The van der Waals surface area contributed by atoms with E-state index in [1.807, 2.05) is 13.8 Å². The molecule has 0 unspecified atom stereocenters. The zero-order chi connectivity index (χ0) is 14.3. The summed E-state index contributed by atoms with van der Waals surface area (Å²) >= 11 is 0. The highest BCUT2D eigenvalue weighted by Gasteiger charge is 2.11. The maximum absolute atomic E-state index is 5.50. The van der Waals surface area contributed by atoms with Gasteiger partial charge in [-0.1, -0.05) is 26.7 Å². The maximum atomic E-state index is 5.50. The summed E-state index contributed by atoms with van der Waals surface area (Å²) in [5.41, 5.74) is 0. The quantitative estimate of drug-likeness (QED) is 0.472. The monoisotopic (exact) mass is 272 g/mol. The van der Waals surface area contributed by atoms with Gasteiger partial charge in [0.25, 0.3) is 0 Å². The fraction of sp³-hybridized carbons (Fsp3) is 0.938. The van der Waals surface area contributed by atoms with Gasteiger partial charge in [-0.2, -0.15) is 0 Å². The SMILES string of the molecule is CCCCN(CCCC)CCC[C](OCC)OCC. The fourth-order valence-electron chi connectivity index (χ4n) is 2.05. The maximum Gasteiger partial charge on any atom is 0.223 e. The Morgan fingerprint density at radius 1 is 0.737 bits per heavy atom. The van der Waals surface area contributed by atoms with Crippen molar-refractivity contribution in [2.45, 2.75) is 66.2 Å². The largest absolute Gasteiger partial charge is 0.346 e. The van der Waals surface area contributed by atoms with Crippen molar-refractivity contribution in [3.8, 4) is 0 Å². The van der Waals surface area contributed by atoms with E-state index in [2.05, 4.69) is 18.7 Å². The lowest BCUT2D eigenvalue weighted by molar-refractivity contribution is -0.0440. The summed E-state index contributed by atoms with van der Waals surface area (Å²) in [6.45, 7) is 13.5. The number of rotatable bonds is 14. The van der Waals surface area contributed by atoms with Crippen molar-refractivity contribution >= 4 is 0 Å². The van der Waals surface area contributed by atoms with Crippen molar-refractivity contribution in [1.29, 1.82) is 0 Å². The van der Waals surface area contributed by atoms with Gasteiger partial charge in [-0.3, -0.25) is 0 Å². The summed E-state index contributed by atoms with van der Waals surface area (Å²) in [5, 5.41) is 0. The predicted octanol–water partition coefficient (Wildman–Crippen LogP) is 4.23. The van der Waals surface area contributed by atoms with Crippen LogP contribution in [0.3, 0.4) is 0 Å². The van der Waals surface area contributed by atoms with Crippen molar-refractivity contribution in [3.05, 3.63) is 6.29 Å². The first-order valence-electron chi connectivity index (χ1n) is 8.12. The Morgan fingerprint density at radius 3 is 1.63 bits per heavy atom. The average Bonchev–Trinajstić information content (AvgIpc) is 2.41. The molecule has 0 rings (SSSR count). The second-order valence-electron chi connectivity index (χ2n) is 4.89. The van der Waals surface area contributed by atoms with Crippen molar-refractivity contribution < 1.29 is 9.47 Å². The molecule has 3 nitrogen and oxygen atoms in total. The van der Waals surface area contributed by atoms with E-state index >= 15 is 0 Å². The molecule has 0 aromatic heterocycles. The summed E-state index contributed by atoms with van der Waals surface area (Å²) in [7, 11) is 0. The van der Waals surface area contributed by atoms with Crippen LogP contribution in [0.2, 0.25) is 0 Å². The van der Waals surface area contributed by atoms with Gasteiger partial charge in [0.1, 0.15) is 0 Å². The minimum atomic E-state index is 0.699. The highest BCUT2D eigenvalue weighted by Crippen LogP contribution is 2.13. The lowest BCUT2D eigenvalue weighted by Gasteiger charge is -2.23. The highest BCUT2D eigenvalue weighted by molar-refractivity contribution is 4.67. The molecule has 0 saturated heterocycles. The molecule has 0 saturated carbocycles. The second kappa shape index (κ2) is 14.3. The molecular formula is C16H34NO2. The van der Waals surface area contributed by atoms with Crippen LogP contribution in [-0.4, -0.2) is 37.7 Å². The topological polar surface area (TPSA) is 21.7 Å². The van der Waals surface area contributed by atoms with Crippen LogP contribution in [0.25, 0.3) is 0 Å². The van der Waals surface area contributed by atoms with Crippen molar-refractivity contribution in [3.63, 3.8) is 0 Å². The molecule has 0 atom stereocenters. The molecule has 0 bridgehead atoms. The first kappa shape index (κ1) is 18.9. The number of nitrogens with zero attached hydrogens (tertiary/aromatic N) is 1. The lowest BCUT2D eigenvalue weighted by Crippen LogP contribution is -2.27. The van der Waals surface area contributed by atoms with Crippen molar-refractivity contribution in [1.82, 2.24) is 4.90 Å². The van der Waals surface area contributed by atoms with Crippen LogP contribution >= 0.6 is 0 Å². The molecule has 0 aromatic rings. The molecule has 0 aromatic carbocycles. The standard InChI is InChI=1S/C16H34NO2/c1-5-9-13-17(14-10-6-2)15-11-12-16(18-7-3)19-8-4/h5-15H2,1-4H3. The first-order valence-corrected chi connectivity index (χ1v) is 8.12. The van der Waals surface area contributed by atoms with Crippen molar-refractivity contribution in [2.24, 2.45) is 0 Å². The van der Waals surface area contributed by atoms with E-state index in [9.17, 15) is 0 Å². The lowest BCUT2D eigenvalue weighted by atomic mass is 10.2. The van der Waals surface area contributed by atoms with Crippen LogP contribution in [0.4, 0.5) is 0 Å². The Morgan fingerprint density at radius 2 is 1.21 bits per heavy atom. The highest BCUT2D eigenvalue weighted by atomic mass is 16.7. The Labute approximate surface area is 120 Å². The van der Waals surface area contributed by atoms with E-state index in [0.29, 0.717) is 13.2 Å². The molecule has 0 N–H and O–H groups in total. The number of ether oxygens (including phenoxy) is 2. The van der Waals surface area contributed by atoms with Crippen LogP contribution < -0.4 is 0 Å². The van der Waals surface area contributed by atoms with E-state index in [-0.39, 0.29) is 0 Å². The Kier molecular flexibility index (Phi) is 14.2. The summed E-state index contributed by atoms with van der Waals surface area (Å²) in [6.07, 6.45) is 8.03. The molecular weight excluding hydrogens is 238 g/mol. The number of hydrogen-bond donors (Lipinski definition) is 0. The van der Waals surface area contributed by atoms with E-state index < -0.39 is 0 Å². The zero-order valence-corrected chi connectivity index (χ0v) is 13.5. The van der Waals surface area contributed by atoms with Gasteiger partial charge in [0.2, 0.25) is 6.29 Å². The second-order valence-corrected chi connectivity index (χ2v) is 4.89. The molecule has 0 heterocycles. The molecule has 3 heteroatoms. The fourth-order valence-corrected chi connectivity index (χ4v) is 2.05. The summed E-state index contributed by atoms with van der Waals surface area (Å²) in [5.74, 6) is 0. The third-order valence-electron chi connectivity index (χ3n) is 3.12. The summed E-state index contributed by atoms with van der Waals surface area (Å²) in [6, 6.07) is 0. The number of unbranched alkanes of at least 4 members (excludes halogenated alkanes) is 2. The summed E-state index contributed by atoms with van der Waals surface area (Å²) < 4.78 is 11.0. The van der Waals surface area contributed by atoms with E-state index in [1.54, 1.807) is 0 Å². The van der Waals surface area contributed by atoms with E-state index in [4.69, 9.17) is 9.47 Å². The molecule has 0 aliphatic carbocycles. The zero-order valence-electron chi connectivity index (χ0n) is 13.5. The smallest absolute Gasteiger partial charge is 0.223 e. The van der Waals surface area contributed by atoms with E-state index in [1.165, 1.54) is 38.8 Å². The first-order chi connectivity index (χ1) is 9.28. The molecule has 0 aliphatic rings. The summed E-state index contributed by atoms with van der Waals surface area (Å²) in [4.78, 5) is 2.59. The minimum Gasteiger partial charge on any atom is -0.346 e. The molecule has 19 heavy (non-hydrogen) atoms. The van der Waals surface area contributed by atoms with Crippen LogP contribution in [-0.2, 0) is 9.47 Å². The van der Waals surface area contributed by atoms with E-state index in [0.717, 1.165) is 25.7 Å². The van der Waals surface area contributed by atoms with Gasteiger partial charge in [0.15, 0.2) is 0 Å². The molecule has 0 spiro atoms. The Bertz CT molecular complexity index is 162. The van der Waals surface area contributed by atoms with Gasteiger partial charge < -0.3 is 14.4 Å². The van der Waals surface area contributed by atoms with Gasteiger partial charge in [-0.05, 0) is 52.7 Å². The average molecular weight is 272 g/mol. The van der Waals surface area contributed by atoms with Crippen LogP contribution in [0.5, 0.6) is 0 Å². The third kappa shape index (κ3) is 11.4. The van der Waals surface area contributed by atoms with Gasteiger partial charge in [-0.25, -0.2) is 0 Å². The molecule has 115 valence electrons. The third-order valence-corrected chi connectivity index (χ3v) is 3.12. The van der Waals surface area contributed by atoms with Gasteiger partial charge in [0.05, 0.1) is 0 Å². The van der Waals surface area contributed by atoms with Gasteiger partial charge in [-0.15, -0.1) is 0 Å². The van der Waals surface area contributed by atoms with Gasteiger partial charge in [0, 0.05) is 19.6 Å². The predicted molar refractivity (Wildman–Crippen MR) is 82.0 cm³/mol. The Hall–Kier alpha value is -0.120. The normalized spacial score (nSPS) is 11.7.